The monoisotopic (exact) mass is 270 g/mol. The lowest BCUT2D eigenvalue weighted by atomic mass is 9.97. The summed E-state index contributed by atoms with van der Waals surface area (Å²) >= 11 is 0. The third kappa shape index (κ3) is 2.04. The summed E-state index contributed by atoms with van der Waals surface area (Å²) in [5.74, 6) is 0. The second kappa shape index (κ2) is 4.93. The summed E-state index contributed by atoms with van der Waals surface area (Å²) in [4.78, 5) is 1.02. The fourth-order valence-corrected chi connectivity index (χ4v) is 4.32. The Hall–Kier alpha value is -1.41. The Morgan fingerprint density at radius 2 is 1.79 bits per heavy atom. The Bertz CT molecular complexity index is 685. The van der Waals surface area contributed by atoms with E-state index < -0.39 is 10.8 Å². The molecule has 2 atom stereocenters. The fourth-order valence-electron chi connectivity index (χ4n) is 2.75. The molecule has 1 aliphatic rings. The summed E-state index contributed by atoms with van der Waals surface area (Å²) in [7, 11) is -0.908. The van der Waals surface area contributed by atoms with Crippen LogP contribution < -0.4 is 0 Å². The molecule has 1 nitrogen and oxygen atoms in total. The molecule has 0 saturated carbocycles. The molecule has 0 amide bonds. The van der Waals surface area contributed by atoms with Crippen molar-refractivity contribution in [1.82, 2.24) is 0 Å². The van der Waals surface area contributed by atoms with Gasteiger partial charge in [-0.2, -0.15) is 0 Å². The summed E-state index contributed by atoms with van der Waals surface area (Å²) in [5.41, 5.74) is 2.52. The average molecular weight is 270 g/mol. The molecular formula is C17H18OS. The highest BCUT2D eigenvalue weighted by atomic mass is 32.2. The molecule has 0 saturated heterocycles. The van der Waals surface area contributed by atoms with Crippen molar-refractivity contribution in [1.29, 1.82) is 0 Å². The Morgan fingerprint density at radius 1 is 1.11 bits per heavy atom. The SMILES string of the molecule is CCC1=CC(CC)S(=O)c2cc3ccccc3cc21. The molecule has 0 bridgehead atoms. The zero-order valence-corrected chi connectivity index (χ0v) is 12.2. The zero-order chi connectivity index (χ0) is 13.4. The number of allylic oxidation sites excluding steroid dienone is 1. The van der Waals surface area contributed by atoms with Crippen LogP contribution in [-0.2, 0) is 10.8 Å². The van der Waals surface area contributed by atoms with E-state index in [-0.39, 0.29) is 5.25 Å². The van der Waals surface area contributed by atoms with E-state index in [9.17, 15) is 4.21 Å². The third-order valence-electron chi connectivity index (χ3n) is 3.86. The van der Waals surface area contributed by atoms with E-state index in [1.54, 1.807) is 0 Å². The van der Waals surface area contributed by atoms with Gasteiger partial charge in [-0.15, -0.1) is 0 Å². The van der Waals surface area contributed by atoms with Crippen LogP contribution in [0.5, 0.6) is 0 Å². The van der Waals surface area contributed by atoms with Gasteiger partial charge in [0.25, 0.3) is 0 Å². The molecular weight excluding hydrogens is 252 g/mol. The maximum absolute atomic E-state index is 12.6. The maximum Gasteiger partial charge on any atom is 0.0605 e. The first-order valence-electron chi connectivity index (χ1n) is 6.89. The van der Waals surface area contributed by atoms with Crippen LogP contribution >= 0.6 is 0 Å². The van der Waals surface area contributed by atoms with Gasteiger partial charge in [0.1, 0.15) is 0 Å². The fraction of sp³-hybridized carbons (Fsp3) is 0.294. The minimum absolute atomic E-state index is 0.170. The third-order valence-corrected chi connectivity index (χ3v) is 5.65. The van der Waals surface area contributed by atoms with Gasteiger partial charge in [0.05, 0.1) is 16.0 Å². The molecule has 3 rings (SSSR count). The van der Waals surface area contributed by atoms with E-state index in [1.165, 1.54) is 21.9 Å². The van der Waals surface area contributed by atoms with Crippen LogP contribution in [0, 0.1) is 0 Å². The summed E-state index contributed by atoms with van der Waals surface area (Å²) in [6, 6.07) is 12.6. The lowest BCUT2D eigenvalue weighted by Gasteiger charge is -2.23. The predicted molar refractivity (Wildman–Crippen MR) is 82.7 cm³/mol. The van der Waals surface area contributed by atoms with Gasteiger partial charge in [-0.25, -0.2) is 0 Å². The first-order valence-corrected chi connectivity index (χ1v) is 8.10. The first kappa shape index (κ1) is 12.6. The molecule has 98 valence electrons. The van der Waals surface area contributed by atoms with E-state index in [0.29, 0.717) is 0 Å². The van der Waals surface area contributed by atoms with Crippen molar-refractivity contribution in [2.45, 2.75) is 36.8 Å². The second-order valence-electron chi connectivity index (χ2n) is 4.99. The van der Waals surface area contributed by atoms with Crippen molar-refractivity contribution in [2.24, 2.45) is 0 Å². The van der Waals surface area contributed by atoms with Gasteiger partial charge < -0.3 is 0 Å². The molecule has 19 heavy (non-hydrogen) atoms. The Labute approximate surface area is 116 Å². The van der Waals surface area contributed by atoms with Crippen LogP contribution in [0.15, 0.2) is 47.4 Å². The molecule has 2 aromatic carbocycles. The molecule has 0 aliphatic carbocycles. The van der Waals surface area contributed by atoms with E-state index >= 15 is 0 Å². The van der Waals surface area contributed by atoms with Gasteiger partial charge in [-0.05, 0) is 46.9 Å². The quantitative estimate of drug-likeness (QED) is 0.783. The van der Waals surface area contributed by atoms with Gasteiger partial charge in [-0.3, -0.25) is 4.21 Å². The van der Waals surface area contributed by atoms with Crippen LogP contribution in [0.2, 0.25) is 0 Å². The molecule has 0 spiro atoms. The summed E-state index contributed by atoms with van der Waals surface area (Å²) in [5, 5.41) is 2.58. The first-order chi connectivity index (χ1) is 9.24. The Kier molecular flexibility index (Phi) is 3.28. The number of fused-ring (bicyclic) bond motifs is 2. The van der Waals surface area contributed by atoms with Crippen molar-refractivity contribution in [3.8, 4) is 0 Å². The minimum atomic E-state index is -0.908. The molecule has 0 fully saturated rings. The van der Waals surface area contributed by atoms with Crippen LogP contribution in [0.4, 0.5) is 0 Å². The van der Waals surface area contributed by atoms with Crippen molar-refractivity contribution in [3.05, 3.63) is 48.0 Å². The van der Waals surface area contributed by atoms with Gasteiger partial charge in [0.15, 0.2) is 0 Å². The number of rotatable bonds is 2. The lowest BCUT2D eigenvalue weighted by molar-refractivity contribution is 0.674. The largest absolute Gasteiger partial charge is 0.254 e. The number of hydrogen-bond donors (Lipinski definition) is 0. The highest BCUT2D eigenvalue weighted by Crippen LogP contribution is 2.36. The summed E-state index contributed by atoms with van der Waals surface area (Å²) < 4.78 is 12.6. The summed E-state index contributed by atoms with van der Waals surface area (Å²) in [6.45, 7) is 4.28. The average Bonchev–Trinajstić information content (AvgIpc) is 2.46. The maximum atomic E-state index is 12.6. The standard InChI is InChI=1S/C17H18OS/c1-3-12-9-15(4-2)19(18)17-11-14-8-6-5-7-13(14)10-16(12)17/h5-11,15H,3-4H2,1-2H3. The molecule has 2 heteroatoms. The van der Waals surface area contributed by atoms with Crippen LogP contribution in [0.25, 0.3) is 16.3 Å². The highest BCUT2D eigenvalue weighted by molar-refractivity contribution is 7.86. The Balaban J connectivity index is 2.28. The second-order valence-corrected chi connectivity index (χ2v) is 6.63. The molecule has 0 radical (unpaired) electrons. The smallest absolute Gasteiger partial charge is 0.0605 e. The van der Waals surface area contributed by atoms with Crippen LogP contribution in [0.1, 0.15) is 32.3 Å². The highest BCUT2D eigenvalue weighted by Gasteiger charge is 2.24. The molecule has 1 heterocycles. The molecule has 2 unspecified atom stereocenters. The predicted octanol–water partition coefficient (Wildman–Crippen LogP) is 4.53. The molecule has 0 N–H and O–H groups in total. The zero-order valence-electron chi connectivity index (χ0n) is 11.3. The topological polar surface area (TPSA) is 17.1 Å². The van der Waals surface area contributed by atoms with Crippen molar-refractivity contribution >= 4 is 27.1 Å². The van der Waals surface area contributed by atoms with Gasteiger partial charge in [0.2, 0.25) is 0 Å². The van der Waals surface area contributed by atoms with Gasteiger partial charge in [0, 0.05) is 4.90 Å². The van der Waals surface area contributed by atoms with Crippen LogP contribution in [0.3, 0.4) is 0 Å². The van der Waals surface area contributed by atoms with E-state index in [1.807, 2.05) is 6.07 Å². The van der Waals surface area contributed by atoms with Crippen molar-refractivity contribution in [3.63, 3.8) is 0 Å². The molecule has 0 aromatic heterocycles. The summed E-state index contributed by atoms with van der Waals surface area (Å²) in [6.07, 6.45) is 4.15. The normalized spacial score (nSPS) is 22.1. The number of hydrogen-bond acceptors (Lipinski definition) is 1. The lowest BCUT2D eigenvalue weighted by Crippen LogP contribution is -2.17. The number of benzene rings is 2. The van der Waals surface area contributed by atoms with E-state index in [2.05, 4.69) is 50.3 Å². The van der Waals surface area contributed by atoms with Gasteiger partial charge in [-0.1, -0.05) is 44.2 Å². The van der Waals surface area contributed by atoms with Crippen molar-refractivity contribution < 1.29 is 4.21 Å². The molecule has 2 aromatic rings. The van der Waals surface area contributed by atoms with Gasteiger partial charge >= 0.3 is 0 Å². The van der Waals surface area contributed by atoms with Crippen LogP contribution in [-0.4, -0.2) is 9.46 Å². The minimum Gasteiger partial charge on any atom is -0.254 e. The van der Waals surface area contributed by atoms with Crippen molar-refractivity contribution in [2.75, 3.05) is 0 Å². The van der Waals surface area contributed by atoms with E-state index in [4.69, 9.17) is 0 Å². The van der Waals surface area contributed by atoms with E-state index in [0.717, 1.165) is 17.7 Å². The molecule has 1 aliphatic heterocycles. The Morgan fingerprint density at radius 3 is 2.42 bits per heavy atom.